The predicted octanol–water partition coefficient (Wildman–Crippen LogP) is 5.66. The summed E-state index contributed by atoms with van der Waals surface area (Å²) < 4.78 is 10.8. The quantitative estimate of drug-likeness (QED) is 0.437. The molecule has 2 heterocycles. The highest BCUT2D eigenvalue weighted by Crippen LogP contribution is 2.28. The van der Waals surface area contributed by atoms with E-state index in [0.717, 1.165) is 48.0 Å². The van der Waals surface area contributed by atoms with Crippen molar-refractivity contribution in [1.82, 2.24) is 0 Å². The van der Waals surface area contributed by atoms with Gasteiger partial charge >= 0.3 is 0 Å². The summed E-state index contributed by atoms with van der Waals surface area (Å²) in [6, 6.07) is 3.84. The Balaban J connectivity index is 0.000000277. The van der Waals surface area contributed by atoms with Crippen LogP contribution in [-0.2, 0) is 30.1 Å². The third-order valence-electron chi connectivity index (χ3n) is 3.44. The molecule has 2 aromatic rings. The van der Waals surface area contributed by atoms with Gasteiger partial charge < -0.3 is 8.83 Å². The Labute approximate surface area is 161 Å². The molecule has 0 bridgehead atoms. The fraction of sp³-hybridized carbons (Fsp3) is 0.529. The zero-order valence-corrected chi connectivity index (χ0v) is 17.1. The zero-order valence-electron chi connectivity index (χ0n) is 13.5. The molecule has 0 fully saturated rings. The maximum atomic E-state index is 5.80. The van der Waals surface area contributed by atoms with E-state index in [1.54, 1.807) is 6.26 Å². The third-order valence-corrected chi connectivity index (χ3v) is 4.58. The number of thiol groups is 4. The van der Waals surface area contributed by atoms with Crippen LogP contribution in [0.4, 0.5) is 0 Å². The van der Waals surface area contributed by atoms with Crippen molar-refractivity contribution in [2.24, 2.45) is 0 Å². The van der Waals surface area contributed by atoms with Crippen molar-refractivity contribution in [3.8, 4) is 0 Å². The lowest BCUT2D eigenvalue weighted by Gasteiger charge is -2.00. The standard InChI is InChI=1S/C11H18OS3.C6H8OS/c1-2-3-4-10-8(5-13)9(6-14)11(7-15)12-10;8-5-3-6-2-1-4-7-6/h13-15H,2-7H2,1H3;1-2,4,8H,3,5H2. The van der Waals surface area contributed by atoms with E-state index in [4.69, 9.17) is 8.83 Å². The molecule has 0 radical (unpaired) electrons. The van der Waals surface area contributed by atoms with E-state index < -0.39 is 0 Å². The van der Waals surface area contributed by atoms with Crippen molar-refractivity contribution in [1.29, 1.82) is 0 Å². The molecule has 0 aromatic carbocycles. The molecule has 0 spiro atoms. The average molecular weight is 391 g/mol. The Hall–Kier alpha value is -0.0400. The summed E-state index contributed by atoms with van der Waals surface area (Å²) in [5.74, 6) is 5.99. The normalized spacial score (nSPS) is 10.5. The van der Waals surface area contributed by atoms with E-state index in [-0.39, 0.29) is 0 Å². The SMILES string of the molecule is CCCCc1oc(CS)c(CS)c1CS.SCCc1ccco1. The van der Waals surface area contributed by atoms with Crippen LogP contribution in [0.2, 0.25) is 0 Å². The predicted molar refractivity (Wildman–Crippen MR) is 112 cm³/mol. The lowest BCUT2D eigenvalue weighted by atomic mass is 10.1. The number of unbranched alkanes of at least 4 members (excludes halogenated alkanes) is 1. The minimum absolute atomic E-state index is 0.642. The molecule has 0 amide bonds. The number of hydrogen-bond donors (Lipinski definition) is 4. The molecule has 2 rings (SSSR count). The molecule has 2 aromatic heterocycles. The average Bonchev–Trinajstić information content (AvgIpc) is 3.20. The fourth-order valence-electron chi connectivity index (χ4n) is 2.21. The summed E-state index contributed by atoms with van der Waals surface area (Å²) in [5.41, 5.74) is 2.42. The van der Waals surface area contributed by atoms with Gasteiger partial charge in [-0.25, -0.2) is 0 Å². The molecule has 0 aliphatic rings. The molecule has 0 aliphatic carbocycles. The van der Waals surface area contributed by atoms with E-state index in [0.29, 0.717) is 11.5 Å². The van der Waals surface area contributed by atoms with Crippen LogP contribution in [-0.4, -0.2) is 5.75 Å². The van der Waals surface area contributed by atoms with Gasteiger partial charge in [0.15, 0.2) is 0 Å². The van der Waals surface area contributed by atoms with Crippen molar-refractivity contribution in [2.75, 3.05) is 5.75 Å². The Bertz CT molecular complexity index is 535. The van der Waals surface area contributed by atoms with Crippen LogP contribution in [0.3, 0.4) is 0 Å². The van der Waals surface area contributed by atoms with E-state index >= 15 is 0 Å². The lowest BCUT2D eigenvalue weighted by molar-refractivity contribution is 0.470. The second kappa shape index (κ2) is 12.3. The minimum Gasteiger partial charge on any atom is -0.469 e. The largest absolute Gasteiger partial charge is 0.469 e. The van der Waals surface area contributed by atoms with Crippen molar-refractivity contribution in [2.45, 2.75) is 49.9 Å². The molecule has 0 N–H and O–H groups in total. The molecule has 130 valence electrons. The van der Waals surface area contributed by atoms with Gasteiger partial charge in [-0.1, -0.05) is 13.3 Å². The zero-order chi connectivity index (χ0) is 17.1. The number of furan rings is 2. The molecular formula is C17H26O2S4. The Morgan fingerprint density at radius 2 is 1.61 bits per heavy atom. The second-order valence-electron chi connectivity index (χ2n) is 5.04. The summed E-state index contributed by atoms with van der Waals surface area (Å²) in [6.07, 6.45) is 5.95. The van der Waals surface area contributed by atoms with Gasteiger partial charge in [0, 0.05) is 41.2 Å². The molecular weight excluding hydrogens is 364 g/mol. The van der Waals surface area contributed by atoms with Gasteiger partial charge in [-0.15, -0.1) is 0 Å². The smallest absolute Gasteiger partial charge is 0.118 e. The van der Waals surface area contributed by atoms with Gasteiger partial charge in [-0.05, 0) is 24.3 Å². The van der Waals surface area contributed by atoms with Gasteiger partial charge in [0.2, 0.25) is 0 Å². The molecule has 0 saturated heterocycles. The van der Waals surface area contributed by atoms with Crippen molar-refractivity contribution < 1.29 is 8.83 Å². The number of rotatable bonds is 8. The van der Waals surface area contributed by atoms with Gasteiger partial charge in [0.1, 0.15) is 17.3 Å². The number of hydrogen-bond acceptors (Lipinski definition) is 6. The highest BCUT2D eigenvalue weighted by atomic mass is 32.1. The second-order valence-corrected chi connectivity index (χ2v) is 6.43. The molecule has 0 atom stereocenters. The Kier molecular flexibility index (Phi) is 11.3. The van der Waals surface area contributed by atoms with Crippen LogP contribution < -0.4 is 0 Å². The van der Waals surface area contributed by atoms with Crippen LogP contribution in [0.5, 0.6) is 0 Å². The highest BCUT2D eigenvalue weighted by molar-refractivity contribution is 7.80. The van der Waals surface area contributed by atoms with E-state index in [9.17, 15) is 0 Å². The topological polar surface area (TPSA) is 26.3 Å². The maximum Gasteiger partial charge on any atom is 0.118 e. The third kappa shape index (κ3) is 6.77. The minimum atomic E-state index is 0.642. The van der Waals surface area contributed by atoms with E-state index in [1.807, 2.05) is 12.1 Å². The van der Waals surface area contributed by atoms with Crippen LogP contribution in [0.25, 0.3) is 0 Å². The first-order valence-electron chi connectivity index (χ1n) is 7.79. The maximum absolute atomic E-state index is 5.80. The number of aryl methyl sites for hydroxylation is 2. The first kappa shape index (κ1) is 21.0. The lowest BCUT2D eigenvalue weighted by Crippen LogP contribution is -1.90. The molecule has 0 saturated carbocycles. The van der Waals surface area contributed by atoms with Crippen LogP contribution in [0.1, 0.15) is 48.2 Å². The molecule has 0 unspecified atom stereocenters. The fourth-order valence-corrected chi connectivity index (χ4v) is 3.42. The Morgan fingerprint density at radius 3 is 2.09 bits per heavy atom. The first-order valence-corrected chi connectivity index (χ1v) is 10.3. The van der Waals surface area contributed by atoms with Crippen LogP contribution in [0, 0.1) is 0 Å². The molecule has 0 aliphatic heterocycles. The summed E-state index contributed by atoms with van der Waals surface area (Å²) >= 11 is 17.0. The van der Waals surface area contributed by atoms with Crippen molar-refractivity contribution >= 4 is 50.5 Å². The molecule has 6 heteroatoms. The summed E-state index contributed by atoms with van der Waals surface area (Å²) in [7, 11) is 0. The Morgan fingerprint density at radius 1 is 0.913 bits per heavy atom. The van der Waals surface area contributed by atoms with Crippen LogP contribution >= 0.6 is 50.5 Å². The van der Waals surface area contributed by atoms with E-state index in [2.05, 4.69) is 57.4 Å². The van der Waals surface area contributed by atoms with E-state index in [1.165, 1.54) is 17.5 Å². The van der Waals surface area contributed by atoms with Gasteiger partial charge in [0.25, 0.3) is 0 Å². The summed E-state index contributed by atoms with van der Waals surface area (Å²) in [4.78, 5) is 0. The van der Waals surface area contributed by atoms with Crippen molar-refractivity contribution in [3.05, 3.63) is 46.8 Å². The summed E-state index contributed by atoms with van der Waals surface area (Å²) in [5, 5.41) is 0. The highest BCUT2D eigenvalue weighted by Gasteiger charge is 2.16. The van der Waals surface area contributed by atoms with Crippen molar-refractivity contribution in [3.63, 3.8) is 0 Å². The van der Waals surface area contributed by atoms with Gasteiger partial charge in [-0.3, -0.25) is 0 Å². The van der Waals surface area contributed by atoms with Crippen LogP contribution in [0.15, 0.2) is 27.2 Å². The summed E-state index contributed by atoms with van der Waals surface area (Å²) in [6.45, 7) is 2.18. The molecule has 23 heavy (non-hydrogen) atoms. The molecule has 2 nitrogen and oxygen atoms in total. The van der Waals surface area contributed by atoms with Gasteiger partial charge in [0.05, 0.1) is 6.26 Å². The first-order chi connectivity index (χ1) is 11.2. The van der Waals surface area contributed by atoms with Gasteiger partial charge in [-0.2, -0.15) is 50.5 Å². The monoisotopic (exact) mass is 390 g/mol.